The van der Waals surface area contributed by atoms with Gasteiger partial charge in [-0.15, -0.1) is 0 Å². The number of allylic oxidation sites excluding steroid dienone is 1. The van der Waals surface area contributed by atoms with Gasteiger partial charge in [-0.1, -0.05) is 48.5 Å². The van der Waals surface area contributed by atoms with Gasteiger partial charge in [0, 0.05) is 22.9 Å². The zero-order valence-electron chi connectivity index (χ0n) is 24.7. The number of rotatable bonds is 11. The molecule has 0 aliphatic heterocycles. The fourth-order valence-electron chi connectivity index (χ4n) is 4.44. The number of methoxy groups -OCH3 is 2. The number of para-hydroxylation sites is 1. The number of furan rings is 1. The molecule has 224 valence electrons. The Bertz CT molecular complexity index is 1870. The van der Waals surface area contributed by atoms with E-state index in [1.165, 1.54) is 12.2 Å². The van der Waals surface area contributed by atoms with Crippen LogP contribution in [0, 0.1) is 0 Å². The maximum Gasteiger partial charge on any atom is 0.272 e. The number of nitrogens with one attached hydrogen (secondary N) is 2. The molecule has 5 aromatic rings. The second-order valence-corrected chi connectivity index (χ2v) is 9.79. The summed E-state index contributed by atoms with van der Waals surface area (Å²) in [6, 6.07) is 33.3. The Morgan fingerprint density at radius 3 is 2.24 bits per heavy atom. The Kier molecular flexibility index (Phi) is 9.67. The molecule has 5 rings (SSSR count). The second-order valence-electron chi connectivity index (χ2n) is 9.79. The van der Waals surface area contributed by atoms with Crippen molar-refractivity contribution in [2.24, 2.45) is 0 Å². The van der Waals surface area contributed by atoms with E-state index >= 15 is 0 Å². The molecular formula is C37H30N2O6. The van der Waals surface area contributed by atoms with Gasteiger partial charge in [0.05, 0.1) is 19.8 Å². The van der Waals surface area contributed by atoms with E-state index in [2.05, 4.69) is 10.6 Å². The molecule has 0 atom stereocenters. The van der Waals surface area contributed by atoms with E-state index in [1.807, 2.05) is 48.5 Å². The molecule has 0 saturated heterocycles. The lowest BCUT2D eigenvalue weighted by atomic mass is 10.1. The first-order valence-corrected chi connectivity index (χ1v) is 14.0. The third-order valence-electron chi connectivity index (χ3n) is 6.76. The average Bonchev–Trinajstić information content (AvgIpc) is 3.56. The molecule has 0 radical (unpaired) electrons. The van der Waals surface area contributed by atoms with Crippen LogP contribution in [0.2, 0.25) is 0 Å². The number of anilines is 1. The lowest BCUT2D eigenvalue weighted by molar-refractivity contribution is -0.113. The zero-order chi connectivity index (χ0) is 31.6. The number of ether oxygens (including phenoxy) is 2. The Labute approximate surface area is 260 Å². The summed E-state index contributed by atoms with van der Waals surface area (Å²) in [4.78, 5) is 39.2. The van der Waals surface area contributed by atoms with Crippen LogP contribution in [-0.2, 0) is 4.79 Å². The minimum absolute atomic E-state index is 0.0360. The van der Waals surface area contributed by atoms with Gasteiger partial charge in [-0.3, -0.25) is 14.4 Å². The zero-order valence-corrected chi connectivity index (χ0v) is 24.7. The Morgan fingerprint density at radius 2 is 1.49 bits per heavy atom. The summed E-state index contributed by atoms with van der Waals surface area (Å²) in [5.41, 5.74) is 2.80. The molecule has 0 aliphatic rings. The first-order chi connectivity index (χ1) is 21.9. The van der Waals surface area contributed by atoms with Crippen molar-refractivity contribution < 1.29 is 28.3 Å². The van der Waals surface area contributed by atoms with E-state index in [-0.39, 0.29) is 11.5 Å². The Hall–Kier alpha value is -6.15. The van der Waals surface area contributed by atoms with E-state index in [0.717, 1.165) is 11.1 Å². The van der Waals surface area contributed by atoms with Gasteiger partial charge in [0.2, 0.25) is 0 Å². The van der Waals surface area contributed by atoms with E-state index in [1.54, 1.807) is 87.0 Å². The van der Waals surface area contributed by atoms with Crippen LogP contribution in [0.4, 0.5) is 5.69 Å². The highest BCUT2D eigenvalue weighted by Crippen LogP contribution is 2.31. The highest BCUT2D eigenvalue weighted by Gasteiger charge is 2.17. The highest BCUT2D eigenvalue weighted by atomic mass is 16.5. The van der Waals surface area contributed by atoms with Crippen molar-refractivity contribution in [2.75, 3.05) is 19.5 Å². The van der Waals surface area contributed by atoms with Crippen LogP contribution in [0.3, 0.4) is 0 Å². The van der Waals surface area contributed by atoms with E-state index in [9.17, 15) is 14.4 Å². The SMILES string of the molecule is COc1cccc(C=CC(=O)c2ccc(NC(=O)C(=Cc3ccc(-c4ccccc4OC)o3)NC(=O)c3ccccc3)cc2)c1. The van der Waals surface area contributed by atoms with Gasteiger partial charge in [-0.25, -0.2) is 0 Å². The number of ketones is 1. The summed E-state index contributed by atoms with van der Waals surface area (Å²) >= 11 is 0. The summed E-state index contributed by atoms with van der Waals surface area (Å²) in [6.45, 7) is 0. The number of carbonyl (C=O) groups is 3. The summed E-state index contributed by atoms with van der Waals surface area (Å²) < 4.78 is 16.7. The Morgan fingerprint density at radius 1 is 0.733 bits per heavy atom. The Balaban J connectivity index is 1.34. The minimum Gasteiger partial charge on any atom is -0.497 e. The third kappa shape index (κ3) is 7.82. The lowest BCUT2D eigenvalue weighted by Gasteiger charge is -2.11. The van der Waals surface area contributed by atoms with Crippen molar-refractivity contribution >= 4 is 35.4 Å². The number of carbonyl (C=O) groups excluding carboxylic acids is 3. The molecule has 8 heteroatoms. The van der Waals surface area contributed by atoms with E-state index in [0.29, 0.717) is 39.8 Å². The van der Waals surface area contributed by atoms with Crippen molar-refractivity contribution in [3.63, 3.8) is 0 Å². The maximum atomic E-state index is 13.4. The number of amides is 2. The van der Waals surface area contributed by atoms with Gasteiger partial charge in [0.1, 0.15) is 28.7 Å². The van der Waals surface area contributed by atoms with Gasteiger partial charge in [-0.2, -0.15) is 0 Å². The lowest BCUT2D eigenvalue weighted by Crippen LogP contribution is -2.30. The molecule has 8 nitrogen and oxygen atoms in total. The largest absolute Gasteiger partial charge is 0.497 e. The molecule has 0 bridgehead atoms. The molecule has 4 aromatic carbocycles. The molecule has 0 unspecified atom stereocenters. The number of hydrogen-bond donors (Lipinski definition) is 2. The number of hydrogen-bond acceptors (Lipinski definition) is 6. The predicted molar refractivity (Wildman–Crippen MR) is 174 cm³/mol. The quantitative estimate of drug-likeness (QED) is 0.122. The number of benzene rings is 4. The highest BCUT2D eigenvalue weighted by molar-refractivity contribution is 6.11. The molecule has 0 spiro atoms. The van der Waals surface area contributed by atoms with Crippen molar-refractivity contribution in [3.05, 3.63) is 149 Å². The molecule has 1 aromatic heterocycles. The van der Waals surface area contributed by atoms with Crippen LogP contribution in [0.5, 0.6) is 11.5 Å². The second kappa shape index (κ2) is 14.3. The van der Waals surface area contributed by atoms with Crippen LogP contribution >= 0.6 is 0 Å². The first-order valence-electron chi connectivity index (χ1n) is 14.0. The van der Waals surface area contributed by atoms with E-state index in [4.69, 9.17) is 13.9 Å². The summed E-state index contributed by atoms with van der Waals surface area (Å²) in [7, 11) is 3.16. The summed E-state index contributed by atoms with van der Waals surface area (Å²) in [6.07, 6.45) is 4.64. The van der Waals surface area contributed by atoms with Gasteiger partial charge in [-0.05, 0) is 84.4 Å². The monoisotopic (exact) mass is 598 g/mol. The van der Waals surface area contributed by atoms with Crippen molar-refractivity contribution in [2.45, 2.75) is 0 Å². The normalized spacial score (nSPS) is 11.2. The topological polar surface area (TPSA) is 107 Å². The van der Waals surface area contributed by atoms with Gasteiger partial charge < -0.3 is 24.5 Å². The fourth-order valence-corrected chi connectivity index (χ4v) is 4.44. The maximum absolute atomic E-state index is 13.4. The first kappa shape index (κ1) is 30.3. The summed E-state index contributed by atoms with van der Waals surface area (Å²) in [5.74, 6) is 0.975. The minimum atomic E-state index is -0.577. The third-order valence-corrected chi connectivity index (χ3v) is 6.76. The van der Waals surface area contributed by atoms with Gasteiger partial charge in [0.25, 0.3) is 11.8 Å². The van der Waals surface area contributed by atoms with Crippen LogP contribution in [-0.4, -0.2) is 31.8 Å². The molecule has 0 saturated carbocycles. The molecular weight excluding hydrogens is 568 g/mol. The van der Waals surface area contributed by atoms with Crippen molar-refractivity contribution in [1.29, 1.82) is 0 Å². The van der Waals surface area contributed by atoms with Crippen LogP contribution in [0.15, 0.2) is 131 Å². The van der Waals surface area contributed by atoms with Crippen molar-refractivity contribution in [3.8, 4) is 22.8 Å². The summed E-state index contributed by atoms with van der Waals surface area (Å²) in [5, 5.41) is 5.48. The molecule has 0 aliphatic carbocycles. The van der Waals surface area contributed by atoms with Gasteiger partial charge >= 0.3 is 0 Å². The standard InChI is InChI=1S/C37H30N2O6/c1-43-29-12-8-9-25(23-29)15-21-33(40)26-16-18-28(19-17-26)38-37(42)32(39-36(41)27-10-4-3-5-11-27)24-30-20-22-35(45-30)31-13-6-7-14-34(31)44-2/h3-24H,1-2H3,(H,38,42)(H,39,41). The molecule has 2 amide bonds. The van der Waals surface area contributed by atoms with Gasteiger partial charge in [0.15, 0.2) is 5.78 Å². The van der Waals surface area contributed by atoms with Crippen molar-refractivity contribution in [1.82, 2.24) is 5.32 Å². The predicted octanol–water partition coefficient (Wildman–Crippen LogP) is 7.27. The molecule has 45 heavy (non-hydrogen) atoms. The fraction of sp³-hybridized carbons (Fsp3) is 0.0541. The molecule has 1 heterocycles. The van der Waals surface area contributed by atoms with Crippen LogP contribution in [0.1, 0.15) is 32.0 Å². The molecule has 2 N–H and O–H groups in total. The van der Waals surface area contributed by atoms with Crippen LogP contribution in [0.25, 0.3) is 23.5 Å². The van der Waals surface area contributed by atoms with Crippen LogP contribution < -0.4 is 20.1 Å². The smallest absolute Gasteiger partial charge is 0.272 e. The molecule has 0 fully saturated rings. The van der Waals surface area contributed by atoms with E-state index < -0.39 is 11.8 Å². The average molecular weight is 599 g/mol.